The van der Waals surface area contributed by atoms with E-state index in [-0.39, 0.29) is 25.4 Å². The molecule has 2 N–H and O–H groups in total. The standard InChI is InChI=1S/C21H24N4O4/c1-2-3-13-29-20-15(7-6-11-22-20)14-23-18(26)10-12-25-17-9-5-4-8-16(17)19(27)24-21(25)28/h4-9,11H,2-3,10,12-14H2,1H3,(H,23,26)(H,24,27,28). The molecule has 0 unspecified atom stereocenters. The maximum absolute atomic E-state index is 12.3. The number of nitrogens with one attached hydrogen (secondary N) is 2. The number of unbranched alkanes of at least 4 members (excludes halogenated alkanes) is 1. The van der Waals surface area contributed by atoms with Crippen molar-refractivity contribution in [1.82, 2.24) is 19.9 Å². The van der Waals surface area contributed by atoms with Gasteiger partial charge in [0.25, 0.3) is 5.56 Å². The fourth-order valence-electron chi connectivity index (χ4n) is 2.96. The van der Waals surface area contributed by atoms with E-state index in [1.165, 1.54) is 4.57 Å². The molecule has 1 amide bonds. The van der Waals surface area contributed by atoms with Crippen molar-refractivity contribution in [3.05, 3.63) is 69.0 Å². The van der Waals surface area contributed by atoms with Crippen LogP contribution in [0.4, 0.5) is 0 Å². The van der Waals surface area contributed by atoms with Crippen LogP contribution in [0.5, 0.6) is 5.88 Å². The topological polar surface area (TPSA) is 106 Å². The van der Waals surface area contributed by atoms with Crippen LogP contribution < -0.4 is 21.3 Å². The summed E-state index contributed by atoms with van der Waals surface area (Å²) in [5.41, 5.74) is 0.343. The summed E-state index contributed by atoms with van der Waals surface area (Å²) in [5.74, 6) is 0.305. The predicted molar refractivity (Wildman–Crippen MR) is 110 cm³/mol. The van der Waals surface area contributed by atoms with Crippen LogP contribution in [0.2, 0.25) is 0 Å². The Morgan fingerprint density at radius 3 is 2.86 bits per heavy atom. The second-order valence-corrected chi connectivity index (χ2v) is 6.62. The molecule has 29 heavy (non-hydrogen) atoms. The zero-order chi connectivity index (χ0) is 20.6. The summed E-state index contributed by atoms with van der Waals surface area (Å²) in [5, 5.41) is 3.25. The van der Waals surface area contributed by atoms with E-state index in [0.717, 1.165) is 18.4 Å². The lowest BCUT2D eigenvalue weighted by Crippen LogP contribution is -2.32. The first-order valence-electron chi connectivity index (χ1n) is 9.65. The third-order valence-electron chi connectivity index (χ3n) is 4.53. The highest BCUT2D eigenvalue weighted by Gasteiger charge is 2.10. The maximum Gasteiger partial charge on any atom is 0.328 e. The number of carbonyl (C=O) groups excluding carboxylic acids is 1. The number of amides is 1. The number of hydrogen-bond acceptors (Lipinski definition) is 5. The number of hydrogen-bond donors (Lipinski definition) is 2. The quantitative estimate of drug-likeness (QED) is 0.538. The molecule has 2 aromatic heterocycles. The molecule has 2 heterocycles. The third kappa shape index (κ3) is 5.10. The Morgan fingerprint density at radius 2 is 2.03 bits per heavy atom. The summed E-state index contributed by atoms with van der Waals surface area (Å²) < 4.78 is 7.08. The lowest BCUT2D eigenvalue weighted by atomic mass is 10.2. The van der Waals surface area contributed by atoms with Gasteiger partial charge in [0.2, 0.25) is 11.8 Å². The Hall–Kier alpha value is -3.42. The van der Waals surface area contributed by atoms with Crippen LogP contribution in [-0.4, -0.2) is 27.0 Å². The van der Waals surface area contributed by atoms with Gasteiger partial charge in [-0.05, 0) is 24.6 Å². The van der Waals surface area contributed by atoms with E-state index in [1.807, 2.05) is 6.07 Å². The first kappa shape index (κ1) is 20.3. The molecule has 8 heteroatoms. The van der Waals surface area contributed by atoms with Crippen LogP contribution >= 0.6 is 0 Å². The molecule has 0 spiro atoms. The van der Waals surface area contributed by atoms with E-state index in [1.54, 1.807) is 36.5 Å². The lowest BCUT2D eigenvalue weighted by Gasteiger charge is -2.12. The highest BCUT2D eigenvalue weighted by molar-refractivity contribution is 5.78. The molecule has 0 aliphatic rings. The van der Waals surface area contributed by atoms with Crippen molar-refractivity contribution in [3.8, 4) is 5.88 Å². The van der Waals surface area contributed by atoms with Gasteiger partial charge in [-0.15, -0.1) is 0 Å². The second kappa shape index (κ2) is 9.68. The largest absolute Gasteiger partial charge is 0.477 e. The summed E-state index contributed by atoms with van der Waals surface area (Å²) in [4.78, 5) is 42.9. The molecule has 0 radical (unpaired) electrons. The lowest BCUT2D eigenvalue weighted by molar-refractivity contribution is -0.121. The highest BCUT2D eigenvalue weighted by atomic mass is 16.5. The number of fused-ring (bicyclic) bond motifs is 1. The molecule has 3 aromatic rings. The summed E-state index contributed by atoms with van der Waals surface area (Å²) in [6, 6.07) is 10.5. The monoisotopic (exact) mass is 396 g/mol. The van der Waals surface area contributed by atoms with Crippen LogP contribution in [0.1, 0.15) is 31.7 Å². The number of aromatic nitrogens is 3. The van der Waals surface area contributed by atoms with Gasteiger partial charge >= 0.3 is 5.69 Å². The molecule has 152 valence electrons. The van der Waals surface area contributed by atoms with Gasteiger partial charge in [0.1, 0.15) is 0 Å². The van der Waals surface area contributed by atoms with Crippen molar-refractivity contribution in [2.24, 2.45) is 0 Å². The Bertz CT molecular complexity index is 1100. The zero-order valence-electron chi connectivity index (χ0n) is 16.3. The van der Waals surface area contributed by atoms with E-state index in [9.17, 15) is 14.4 Å². The molecule has 0 bridgehead atoms. The summed E-state index contributed by atoms with van der Waals surface area (Å²) in [6.07, 6.45) is 3.71. The number of para-hydroxylation sites is 1. The molecule has 3 rings (SSSR count). The average Bonchev–Trinajstić information content (AvgIpc) is 2.73. The number of aryl methyl sites for hydroxylation is 1. The minimum atomic E-state index is -0.527. The van der Waals surface area contributed by atoms with E-state index in [4.69, 9.17) is 4.74 Å². The van der Waals surface area contributed by atoms with Gasteiger partial charge in [-0.2, -0.15) is 0 Å². The van der Waals surface area contributed by atoms with Gasteiger partial charge in [-0.1, -0.05) is 31.5 Å². The van der Waals surface area contributed by atoms with Crippen LogP contribution in [-0.2, 0) is 17.9 Å². The van der Waals surface area contributed by atoms with Crippen molar-refractivity contribution in [2.45, 2.75) is 39.3 Å². The molecule has 0 saturated carbocycles. The minimum Gasteiger partial charge on any atom is -0.477 e. The molecule has 0 atom stereocenters. The number of benzene rings is 1. The van der Waals surface area contributed by atoms with Gasteiger partial charge in [-0.3, -0.25) is 19.1 Å². The number of nitrogens with zero attached hydrogens (tertiary/aromatic N) is 2. The SMILES string of the molecule is CCCCOc1ncccc1CNC(=O)CCn1c(=O)[nH]c(=O)c2ccccc21. The smallest absolute Gasteiger partial charge is 0.328 e. The normalized spacial score (nSPS) is 10.8. The van der Waals surface area contributed by atoms with Crippen LogP contribution in [0.25, 0.3) is 10.9 Å². The number of pyridine rings is 1. The molecule has 8 nitrogen and oxygen atoms in total. The highest BCUT2D eigenvalue weighted by Crippen LogP contribution is 2.14. The van der Waals surface area contributed by atoms with Crippen LogP contribution in [0.3, 0.4) is 0 Å². The molecule has 1 aromatic carbocycles. The van der Waals surface area contributed by atoms with Crippen molar-refractivity contribution in [1.29, 1.82) is 0 Å². The number of rotatable bonds is 9. The van der Waals surface area contributed by atoms with Crippen molar-refractivity contribution >= 4 is 16.8 Å². The van der Waals surface area contributed by atoms with Gasteiger partial charge in [0.05, 0.1) is 17.5 Å². The van der Waals surface area contributed by atoms with Crippen molar-refractivity contribution < 1.29 is 9.53 Å². The third-order valence-corrected chi connectivity index (χ3v) is 4.53. The number of ether oxygens (including phenoxy) is 1. The number of aromatic amines is 1. The molecular formula is C21H24N4O4. The molecule has 0 aliphatic carbocycles. The summed E-state index contributed by atoms with van der Waals surface area (Å²) in [6.45, 7) is 3.11. The summed E-state index contributed by atoms with van der Waals surface area (Å²) in [7, 11) is 0. The molecule has 0 aliphatic heterocycles. The average molecular weight is 396 g/mol. The molecule has 0 saturated heterocycles. The van der Waals surface area contributed by atoms with Gasteiger partial charge in [-0.25, -0.2) is 9.78 Å². The summed E-state index contributed by atoms with van der Waals surface area (Å²) >= 11 is 0. The molecule has 0 fully saturated rings. The Balaban J connectivity index is 1.63. The van der Waals surface area contributed by atoms with Gasteiger partial charge < -0.3 is 10.1 Å². The van der Waals surface area contributed by atoms with E-state index >= 15 is 0 Å². The first-order valence-corrected chi connectivity index (χ1v) is 9.65. The Kier molecular flexibility index (Phi) is 6.78. The van der Waals surface area contributed by atoms with Crippen molar-refractivity contribution in [3.63, 3.8) is 0 Å². The maximum atomic E-state index is 12.3. The fourth-order valence-corrected chi connectivity index (χ4v) is 2.96. The van der Waals surface area contributed by atoms with Gasteiger partial charge in [0.15, 0.2) is 0 Å². The second-order valence-electron chi connectivity index (χ2n) is 6.62. The Morgan fingerprint density at radius 1 is 1.21 bits per heavy atom. The van der Waals surface area contributed by atoms with Gasteiger partial charge in [0, 0.05) is 31.3 Å². The zero-order valence-corrected chi connectivity index (χ0v) is 16.3. The Labute approximate surface area is 167 Å². The van der Waals surface area contributed by atoms with E-state index in [0.29, 0.717) is 23.4 Å². The number of H-pyrrole nitrogens is 1. The van der Waals surface area contributed by atoms with Crippen LogP contribution in [0.15, 0.2) is 52.2 Å². The number of carbonyl (C=O) groups is 1. The molecular weight excluding hydrogens is 372 g/mol. The van der Waals surface area contributed by atoms with Crippen LogP contribution in [0, 0.1) is 0 Å². The first-order chi connectivity index (χ1) is 14.1. The van der Waals surface area contributed by atoms with E-state index < -0.39 is 11.2 Å². The fraction of sp³-hybridized carbons (Fsp3) is 0.333. The minimum absolute atomic E-state index is 0.0994. The predicted octanol–water partition coefficient (Wildman–Crippen LogP) is 1.97. The van der Waals surface area contributed by atoms with E-state index in [2.05, 4.69) is 22.2 Å². The van der Waals surface area contributed by atoms with Crippen molar-refractivity contribution in [2.75, 3.05) is 6.61 Å².